The highest BCUT2D eigenvalue weighted by molar-refractivity contribution is 7.09. The van der Waals surface area contributed by atoms with Gasteiger partial charge in [0.05, 0.1) is 28.1 Å². The van der Waals surface area contributed by atoms with Crippen LogP contribution in [-0.2, 0) is 11.3 Å². The quantitative estimate of drug-likeness (QED) is 0.648. The van der Waals surface area contributed by atoms with Crippen LogP contribution >= 0.6 is 11.3 Å². The number of rotatable bonds is 7. The number of amides is 1. The van der Waals surface area contributed by atoms with Gasteiger partial charge in [-0.15, -0.1) is 11.3 Å². The molecule has 4 rings (SSSR count). The van der Waals surface area contributed by atoms with Crippen molar-refractivity contribution in [1.29, 1.82) is 0 Å². The second-order valence-corrected chi connectivity index (χ2v) is 9.20. The summed E-state index contributed by atoms with van der Waals surface area (Å²) >= 11 is 1.65. The number of aromatic nitrogens is 2. The highest BCUT2D eigenvalue weighted by Crippen LogP contribution is 2.29. The van der Waals surface area contributed by atoms with Gasteiger partial charge in [-0.1, -0.05) is 11.6 Å². The first-order chi connectivity index (χ1) is 14.1. The summed E-state index contributed by atoms with van der Waals surface area (Å²) in [6.07, 6.45) is 10.7. The van der Waals surface area contributed by atoms with Crippen LogP contribution in [0.4, 0.5) is 0 Å². The first-order valence-electron chi connectivity index (χ1n) is 10.8. The van der Waals surface area contributed by atoms with Gasteiger partial charge in [-0.2, -0.15) is 0 Å². The molecule has 1 atom stereocenters. The Labute approximate surface area is 177 Å². The molecule has 2 aromatic rings. The van der Waals surface area contributed by atoms with E-state index in [1.54, 1.807) is 16.9 Å². The third-order valence-corrected chi connectivity index (χ3v) is 6.82. The van der Waals surface area contributed by atoms with Crippen LogP contribution in [0.25, 0.3) is 11.4 Å². The fourth-order valence-corrected chi connectivity index (χ4v) is 4.96. The standard InChI is InChI=1S/C23H31N3O2S/c1-16-20(23(27)24-14-19-9-6-12-28-19)13-22(21-15-29-17(2)25-21)26(16)11-10-18-7-4-3-5-8-18/h7,13,15,19H,3-6,8-12,14H2,1-2H3,(H,24,27). The summed E-state index contributed by atoms with van der Waals surface area (Å²) in [5.41, 5.74) is 5.33. The largest absolute Gasteiger partial charge is 0.376 e. The van der Waals surface area contributed by atoms with Gasteiger partial charge in [0.2, 0.25) is 0 Å². The van der Waals surface area contributed by atoms with Gasteiger partial charge in [0.25, 0.3) is 5.91 Å². The van der Waals surface area contributed by atoms with Crippen molar-refractivity contribution in [3.8, 4) is 11.4 Å². The van der Waals surface area contributed by atoms with Crippen LogP contribution in [0, 0.1) is 13.8 Å². The predicted octanol–water partition coefficient (Wildman–Crippen LogP) is 5.03. The van der Waals surface area contributed by atoms with Gasteiger partial charge in [-0.3, -0.25) is 4.79 Å². The molecule has 6 heteroatoms. The molecule has 0 spiro atoms. The summed E-state index contributed by atoms with van der Waals surface area (Å²) < 4.78 is 7.92. The number of thiazole rings is 1. The van der Waals surface area contributed by atoms with Crippen molar-refractivity contribution in [1.82, 2.24) is 14.9 Å². The Morgan fingerprint density at radius 3 is 2.93 bits per heavy atom. The maximum absolute atomic E-state index is 12.9. The molecule has 29 heavy (non-hydrogen) atoms. The number of nitrogens with zero attached hydrogens (tertiary/aromatic N) is 2. The Morgan fingerprint density at radius 2 is 2.24 bits per heavy atom. The van der Waals surface area contributed by atoms with Crippen molar-refractivity contribution in [3.63, 3.8) is 0 Å². The van der Waals surface area contributed by atoms with E-state index in [0.717, 1.165) is 60.1 Å². The maximum Gasteiger partial charge on any atom is 0.253 e. The minimum absolute atomic E-state index is 0.0122. The molecule has 0 bridgehead atoms. The zero-order valence-corrected chi connectivity index (χ0v) is 18.3. The topological polar surface area (TPSA) is 56.1 Å². The number of carbonyl (C=O) groups excluding carboxylic acids is 1. The molecule has 1 aliphatic carbocycles. The summed E-state index contributed by atoms with van der Waals surface area (Å²) in [7, 11) is 0. The third kappa shape index (κ3) is 4.81. The van der Waals surface area contributed by atoms with E-state index in [1.807, 2.05) is 13.0 Å². The Balaban J connectivity index is 1.55. The van der Waals surface area contributed by atoms with Crippen molar-refractivity contribution in [2.45, 2.75) is 71.4 Å². The highest BCUT2D eigenvalue weighted by atomic mass is 32.1. The maximum atomic E-state index is 12.9. The van der Waals surface area contributed by atoms with Crippen LogP contribution in [0.15, 0.2) is 23.1 Å². The lowest BCUT2D eigenvalue weighted by atomic mass is 9.97. The van der Waals surface area contributed by atoms with Crippen molar-refractivity contribution in [2.24, 2.45) is 0 Å². The average Bonchev–Trinajstić information content (AvgIpc) is 3.46. The number of aryl methyl sites for hydroxylation is 1. The van der Waals surface area contributed by atoms with Crippen LogP contribution < -0.4 is 5.32 Å². The zero-order valence-electron chi connectivity index (χ0n) is 17.5. The summed E-state index contributed by atoms with van der Waals surface area (Å²) in [5.74, 6) is -0.0122. The Morgan fingerprint density at radius 1 is 1.34 bits per heavy atom. The van der Waals surface area contributed by atoms with Gasteiger partial charge in [0.1, 0.15) is 0 Å². The van der Waals surface area contributed by atoms with Gasteiger partial charge in [0.15, 0.2) is 0 Å². The highest BCUT2D eigenvalue weighted by Gasteiger charge is 2.22. The molecule has 0 saturated carbocycles. The number of allylic oxidation sites excluding steroid dienone is 2. The molecule has 1 fully saturated rings. The van der Waals surface area contributed by atoms with Crippen molar-refractivity contribution >= 4 is 17.2 Å². The number of carbonyl (C=O) groups is 1. The molecule has 0 radical (unpaired) electrons. The molecule has 156 valence electrons. The van der Waals surface area contributed by atoms with Crippen LogP contribution in [0.5, 0.6) is 0 Å². The summed E-state index contributed by atoms with van der Waals surface area (Å²) in [6, 6.07) is 2.02. The minimum atomic E-state index is -0.0122. The van der Waals surface area contributed by atoms with E-state index in [4.69, 9.17) is 9.72 Å². The van der Waals surface area contributed by atoms with Crippen molar-refractivity contribution < 1.29 is 9.53 Å². The van der Waals surface area contributed by atoms with E-state index in [2.05, 4.69) is 28.3 Å². The average molecular weight is 414 g/mol. The Hall–Kier alpha value is -1.92. The molecule has 3 heterocycles. The normalized spacial score (nSPS) is 19.4. The third-order valence-electron chi connectivity index (χ3n) is 6.05. The van der Waals surface area contributed by atoms with E-state index in [9.17, 15) is 4.79 Å². The second kappa shape index (κ2) is 9.26. The number of ether oxygens (including phenoxy) is 1. The number of hydrogen-bond donors (Lipinski definition) is 1. The molecule has 1 saturated heterocycles. The minimum Gasteiger partial charge on any atom is -0.376 e. The van der Waals surface area contributed by atoms with Crippen molar-refractivity contribution in [3.05, 3.63) is 39.4 Å². The molecule has 2 aliphatic rings. The zero-order chi connectivity index (χ0) is 20.2. The summed E-state index contributed by atoms with van der Waals surface area (Å²) in [4.78, 5) is 17.6. The van der Waals surface area contributed by atoms with Crippen LogP contribution in [0.3, 0.4) is 0 Å². The van der Waals surface area contributed by atoms with Crippen LogP contribution in [0.2, 0.25) is 0 Å². The van der Waals surface area contributed by atoms with E-state index < -0.39 is 0 Å². The predicted molar refractivity (Wildman–Crippen MR) is 117 cm³/mol. The number of nitrogens with one attached hydrogen (secondary N) is 1. The van der Waals surface area contributed by atoms with E-state index in [1.165, 1.54) is 25.7 Å². The SMILES string of the molecule is Cc1nc(-c2cc(C(=O)NCC3CCCO3)c(C)n2CCC2=CCCCC2)cs1. The smallest absolute Gasteiger partial charge is 0.253 e. The van der Waals surface area contributed by atoms with Crippen LogP contribution in [-0.4, -0.2) is 34.7 Å². The fraction of sp³-hybridized carbons (Fsp3) is 0.565. The van der Waals surface area contributed by atoms with Gasteiger partial charge in [0, 0.05) is 30.8 Å². The lowest BCUT2D eigenvalue weighted by Gasteiger charge is -2.16. The molecule has 1 unspecified atom stereocenters. The molecule has 2 aromatic heterocycles. The first-order valence-corrected chi connectivity index (χ1v) is 11.7. The van der Waals surface area contributed by atoms with Crippen molar-refractivity contribution in [2.75, 3.05) is 13.2 Å². The van der Waals surface area contributed by atoms with E-state index >= 15 is 0 Å². The fourth-order valence-electron chi connectivity index (χ4n) is 4.35. The monoisotopic (exact) mass is 413 g/mol. The molecule has 1 N–H and O–H groups in total. The Bertz CT molecular complexity index is 890. The molecule has 1 amide bonds. The van der Waals surface area contributed by atoms with E-state index in [-0.39, 0.29) is 12.0 Å². The second-order valence-electron chi connectivity index (χ2n) is 8.14. The first kappa shape index (κ1) is 20.4. The number of hydrogen-bond acceptors (Lipinski definition) is 4. The Kier molecular flexibility index (Phi) is 6.50. The summed E-state index contributed by atoms with van der Waals surface area (Å²) in [6.45, 7) is 6.36. The van der Waals surface area contributed by atoms with Gasteiger partial charge >= 0.3 is 0 Å². The lowest BCUT2D eigenvalue weighted by molar-refractivity contribution is 0.0857. The van der Waals surface area contributed by atoms with Gasteiger partial charge in [-0.05, 0) is 64.9 Å². The molecular formula is C23H31N3O2S. The molecule has 1 aliphatic heterocycles. The molecule has 0 aromatic carbocycles. The summed E-state index contributed by atoms with van der Waals surface area (Å²) in [5, 5.41) is 6.22. The van der Waals surface area contributed by atoms with Gasteiger partial charge < -0.3 is 14.6 Å². The molecule has 5 nitrogen and oxygen atoms in total. The van der Waals surface area contributed by atoms with Crippen LogP contribution in [0.1, 0.15) is 66.0 Å². The molecular weight excluding hydrogens is 382 g/mol. The van der Waals surface area contributed by atoms with E-state index in [0.29, 0.717) is 6.54 Å². The van der Waals surface area contributed by atoms with Gasteiger partial charge in [-0.25, -0.2) is 4.98 Å². The lowest BCUT2D eigenvalue weighted by Crippen LogP contribution is -2.32.